The van der Waals surface area contributed by atoms with Crippen molar-refractivity contribution in [2.75, 3.05) is 17.8 Å². The number of carbonyl (C=O) groups excluding carboxylic acids is 2. The molecule has 0 unspecified atom stereocenters. The minimum absolute atomic E-state index is 0.0828. The molecule has 1 aliphatic rings. The molecule has 0 atom stereocenters. The highest BCUT2D eigenvalue weighted by atomic mass is 35.5. The van der Waals surface area contributed by atoms with Crippen molar-refractivity contribution in [2.24, 2.45) is 4.99 Å². The minimum Gasteiger partial charge on any atom is -0.495 e. The molecule has 0 saturated heterocycles. The summed E-state index contributed by atoms with van der Waals surface area (Å²) < 4.78 is 10.4. The number of thioether (sulfide) groups is 1. The monoisotopic (exact) mass is 487 g/mol. The van der Waals surface area contributed by atoms with Crippen molar-refractivity contribution >= 4 is 63.4 Å². The molecule has 1 aromatic carbocycles. The molecule has 2 aromatic heterocycles. The second-order valence-corrected chi connectivity index (χ2v) is 8.87. The molecule has 0 fully saturated rings. The summed E-state index contributed by atoms with van der Waals surface area (Å²) in [5, 5.41) is 5.48. The number of aliphatic imine (C=N–C) groups is 1. The molecule has 1 N–H and O–H groups in total. The Labute approximate surface area is 197 Å². The minimum atomic E-state index is -0.293. The van der Waals surface area contributed by atoms with Crippen LogP contribution in [0.3, 0.4) is 0 Å². The SMILES string of the molecule is COc1ccc(N2C(=O)C(=Cc3cccs3)N=C2SCC(=O)NCc2ccco2)cc1Cl. The number of hydrogen-bond donors (Lipinski definition) is 1. The Kier molecular flexibility index (Phi) is 6.99. The number of amidine groups is 1. The van der Waals surface area contributed by atoms with E-state index in [1.165, 1.54) is 35.1 Å². The molecular formula is C22H18ClN3O4S2. The lowest BCUT2D eigenvalue weighted by Gasteiger charge is -2.18. The maximum atomic E-state index is 13.2. The predicted molar refractivity (Wildman–Crippen MR) is 128 cm³/mol. The van der Waals surface area contributed by atoms with Crippen LogP contribution in [-0.2, 0) is 16.1 Å². The van der Waals surface area contributed by atoms with E-state index < -0.39 is 0 Å². The van der Waals surface area contributed by atoms with Crippen molar-refractivity contribution in [3.8, 4) is 5.75 Å². The lowest BCUT2D eigenvalue weighted by molar-refractivity contribution is -0.118. The number of halogens is 1. The van der Waals surface area contributed by atoms with Crippen molar-refractivity contribution in [1.29, 1.82) is 0 Å². The number of nitrogens with one attached hydrogen (secondary N) is 1. The Balaban J connectivity index is 1.54. The van der Waals surface area contributed by atoms with Crippen LogP contribution >= 0.6 is 34.7 Å². The highest BCUT2D eigenvalue weighted by Crippen LogP contribution is 2.34. The molecule has 3 heterocycles. The first-order valence-corrected chi connectivity index (χ1v) is 11.7. The van der Waals surface area contributed by atoms with Crippen LogP contribution in [0.4, 0.5) is 5.69 Å². The second-order valence-electron chi connectivity index (χ2n) is 6.54. The van der Waals surface area contributed by atoms with Crippen LogP contribution in [0.2, 0.25) is 5.02 Å². The van der Waals surface area contributed by atoms with Gasteiger partial charge in [0.05, 0.1) is 36.4 Å². The molecule has 0 spiro atoms. The van der Waals surface area contributed by atoms with Gasteiger partial charge in [0.2, 0.25) is 5.91 Å². The van der Waals surface area contributed by atoms with E-state index in [4.69, 9.17) is 20.8 Å². The van der Waals surface area contributed by atoms with E-state index in [0.29, 0.717) is 33.9 Å². The first-order chi connectivity index (χ1) is 15.5. The van der Waals surface area contributed by atoms with Crippen LogP contribution in [0.1, 0.15) is 10.6 Å². The molecular weight excluding hydrogens is 470 g/mol. The average Bonchev–Trinajstić information content (AvgIpc) is 3.54. The van der Waals surface area contributed by atoms with Gasteiger partial charge in [-0.3, -0.25) is 14.5 Å². The third-order valence-electron chi connectivity index (χ3n) is 4.42. The van der Waals surface area contributed by atoms with Crippen molar-refractivity contribution < 1.29 is 18.7 Å². The first kappa shape index (κ1) is 22.2. The topological polar surface area (TPSA) is 84.1 Å². The summed E-state index contributed by atoms with van der Waals surface area (Å²) in [5.74, 6) is 0.745. The van der Waals surface area contributed by atoms with Gasteiger partial charge in [-0.15, -0.1) is 11.3 Å². The van der Waals surface area contributed by atoms with Gasteiger partial charge in [0.25, 0.3) is 5.91 Å². The van der Waals surface area contributed by atoms with Crippen molar-refractivity contribution in [1.82, 2.24) is 5.32 Å². The van der Waals surface area contributed by atoms with Gasteiger partial charge in [0.15, 0.2) is 5.17 Å². The summed E-state index contributed by atoms with van der Waals surface area (Å²) in [7, 11) is 1.52. The standard InChI is InChI=1S/C22H18ClN3O4S2/c1-29-19-7-6-14(10-17(19)23)26-21(28)18(11-16-5-3-9-31-16)25-22(26)32-13-20(27)24-12-15-4-2-8-30-15/h2-11H,12-13H2,1H3,(H,24,27). The summed E-state index contributed by atoms with van der Waals surface area (Å²) in [6, 6.07) is 12.4. The molecule has 3 aromatic rings. The fraction of sp³-hybridized carbons (Fsp3) is 0.136. The van der Waals surface area contributed by atoms with Crippen LogP contribution < -0.4 is 15.0 Å². The zero-order valence-corrected chi connectivity index (χ0v) is 19.3. The van der Waals surface area contributed by atoms with E-state index in [-0.39, 0.29) is 23.3 Å². The van der Waals surface area contributed by atoms with Gasteiger partial charge in [0, 0.05) is 4.88 Å². The lowest BCUT2D eigenvalue weighted by Crippen LogP contribution is -2.32. The highest BCUT2D eigenvalue weighted by Gasteiger charge is 2.33. The lowest BCUT2D eigenvalue weighted by atomic mass is 10.2. The number of anilines is 1. The molecule has 2 amide bonds. The third-order valence-corrected chi connectivity index (χ3v) is 6.47. The summed E-state index contributed by atoms with van der Waals surface area (Å²) in [6.07, 6.45) is 3.28. The highest BCUT2D eigenvalue weighted by molar-refractivity contribution is 8.14. The number of methoxy groups -OCH3 is 1. The van der Waals surface area contributed by atoms with Gasteiger partial charge >= 0.3 is 0 Å². The molecule has 10 heteroatoms. The molecule has 164 valence electrons. The molecule has 4 rings (SSSR count). The summed E-state index contributed by atoms with van der Waals surface area (Å²) >= 11 is 8.95. The molecule has 7 nitrogen and oxygen atoms in total. The van der Waals surface area contributed by atoms with E-state index in [1.807, 2.05) is 17.5 Å². The van der Waals surface area contributed by atoms with E-state index in [2.05, 4.69) is 10.3 Å². The zero-order chi connectivity index (χ0) is 22.5. The number of nitrogens with zero attached hydrogens (tertiary/aromatic N) is 2. The largest absolute Gasteiger partial charge is 0.495 e. The van der Waals surface area contributed by atoms with Gasteiger partial charge in [-0.1, -0.05) is 29.4 Å². The number of furan rings is 1. The second kappa shape index (κ2) is 10.1. The van der Waals surface area contributed by atoms with Crippen LogP contribution in [0.25, 0.3) is 6.08 Å². The van der Waals surface area contributed by atoms with E-state index in [0.717, 1.165) is 4.88 Å². The molecule has 0 bridgehead atoms. The van der Waals surface area contributed by atoms with Crippen LogP contribution in [0.15, 0.2) is 69.2 Å². The number of amides is 2. The molecule has 0 aliphatic carbocycles. The Morgan fingerprint density at radius 1 is 1.34 bits per heavy atom. The van der Waals surface area contributed by atoms with Crippen LogP contribution in [0.5, 0.6) is 5.75 Å². The Morgan fingerprint density at radius 3 is 2.91 bits per heavy atom. The maximum absolute atomic E-state index is 13.2. The first-order valence-electron chi connectivity index (χ1n) is 9.49. The van der Waals surface area contributed by atoms with Gasteiger partial charge in [-0.05, 0) is 47.9 Å². The number of thiophene rings is 1. The number of rotatable bonds is 7. The smallest absolute Gasteiger partial charge is 0.283 e. The Morgan fingerprint density at radius 2 is 2.22 bits per heavy atom. The Hall–Kier alpha value is -3.01. The van der Waals surface area contributed by atoms with E-state index in [1.54, 1.807) is 42.7 Å². The number of hydrogen-bond acceptors (Lipinski definition) is 7. The van der Waals surface area contributed by atoms with Gasteiger partial charge < -0.3 is 14.5 Å². The van der Waals surface area contributed by atoms with Crippen LogP contribution in [0, 0.1) is 0 Å². The normalized spacial score (nSPS) is 14.7. The van der Waals surface area contributed by atoms with Gasteiger partial charge in [-0.25, -0.2) is 4.99 Å². The molecule has 0 radical (unpaired) electrons. The average molecular weight is 488 g/mol. The molecule has 1 aliphatic heterocycles. The van der Waals surface area contributed by atoms with E-state index >= 15 is 0 Å². The predicted octanol–water partition coefficient (Wildman–Crippen LogP) is 4.80. The number of carbonyl (C=O) groups is 2. The summed E-state index contributed by atoms with van der Waals surface area (Å²) in [6.45, 7) is 0.291. The third kappa shape index (κ3) is 5.07. The van der Waals surface area contributed by atoms with Gasteiger partial charge in [-0.2, -0.15) is 0 Å². The fourth-order valence-corrected chi connectivity index (χ4v) is 4.65. The summed E-state index contributed by atoms with van der Waals surface area (Å²) in [4.78, 5) is 32.4. The van der Waals surface area contributed by atoms with Crippen LogP contribution in [-0.4, -0.2) is 29.8 Å². The van der Waals surface area contributed by atoms with E-state index in [9.17, 15) is 9.59 Å². The van der Waals surface area contributed by atoms with Crippen molar-refractivity contribution in [3.63, 3.8) is 0 Å². The van der Waals surface area contributed by atoms with Gasteiger partial charge in [0.1, 0.15) is 17.2 Å². The fourth-order valence-electron chi connectivity index (χ4n) is 2.90. The summed E-state index contributed by atoms with van der Waals surface area (Å²) in [5.41, 5.74) is 0.829. The Bertz CT molecular complexity index is 1170. The van der Waals surface area contributed by atoms with Crippen molar-refractivity contribution in [3.05, 3.63) is 75.5 Å². The molecule has 0 saturated carbocycles. The maximum Gasteiger partial charge on any atom is 0.283 e. The quantitative estimate of drug-likeness (QED) is 0.484. The van der Waals surface area contributed by atoms with Crippen molar-refractivity contribution in [2.45, 2.75) is 6.54 Å². The number of benzene rings is 1. The zero-order valence-electron chi connectivity index (χ0n) is 16.9. The molecule has 32 heavy (non-hydrogen) atoms. The number of ether oxygens (including phenoxy) is 1.